The molecule has 0 spiro atoms. The number of hydrogen-bond acceptors (Lipinski definition) is 4. The minimum Gasteiger partial charge on any atom is -0.342 e. The first kappa shape index (κ1) is 19.4. The first-order valence-corrected chi connectivity index (χ1v) is 11.2. The van der Waals surface area contributed by atoms with Crippen LogP contribution >= 0.6 is 0 Å². The Morgan fingerprint density at radius 1 is 1.12 bits per heavy atom. The molecule has 1 unspecified atom stereocenters. The van der Waals surface area contributed by atoms with E-state index in [0.717, 1.165) is 32.4 Å². The summed E-state index contributed by atoms with van der Waals surface area (Å²) < 4.78 is 29.1. The molecule has 0 N–H and O–H groups in total. The molecule has 3 rings (SSSR count). The molecule has 0 aliphatic carbocycles. The van der Waals surface area contributed by atoms with Gasteiger partial charge in [-0.1, -0.05) is 12.8 Å². The van der Waals surface area contributed by atoms with E-state index in [1.165, 1.54) is 17.1 Å². The number of sulfonamides is 1. The average molecular weight is 383 g/mol. The highest BCUT2D eigenvalue weighted by atomic mass is 32.2. The maximum Gasteiger partial charge on any atom is 0.262 e. The first-order valence-electron chi connectivity index (χ1n) is 9.72. The van der Waals surface area contributed by atoms with Gasteiger partial charge in [0.05, 0.1) is 12.2 Å². The molecule has 26 heavy (non-hydrogen) atoms. The number of piperidine rings is 1. The summed E-state index contributed by atoms with van der Waals surface area (Å²) in [5.41, 5.74) is 0. The van der Waals surface area contributed by atoms with Crippen molar-refractivity contribution in [2.75, 3.05) is 26.2 Å². The number of carbonyl (C=O) groups is 1. The normalized spacial score (nSPS) is 23.2. The summed E-state index contributed by atoms with van der Waals surface area (Å²) in [4.78, 5) is 18.9. The molecule has 0 aromatic carbocycles. The Labute approximate surface area is 156 Å². The van der Waals surface area contributed by atoms with Gasteiger partial charge in [0.2, 0.25) is 5.91 Å². The molecule has 0 bridgehead atoms. The monoisotopic (exact) mass is 382 g/mol. The van der Waals surface area contributed by atoms with Crippen molar-refractivity contribution in [2.45, 2.75) is 63.4 Å². The van der Waals surface area contributed by atoms with Crippen LogP contribution in [0.5, 0.6) is 0 Å². The first-order chi connectivity index (χ1) is 12.4. The third-order valence-corrected chi connectivity index (χ3v) is 7.18. The zero-order chi connectivity index (χ0) is 18.7. The maximum absolute atomic E-state index is 12.9. The quantitative estimate of drug-likeness (QED) is 0.800. The number of aromatic nitrogens is 2. The number of likely N-dealkylation sites (tertiary alicyclic amines) is 1. The topological polar surface area (TPSA) is 75.5 Å². The second kappa shape index (κ2) is 8.08. The van der Waals surface area contributed by atoms with Gasteiger partial charge in [0.15, 0.2) is 5.03 Å². The van der Waals surface area contributed by atoms with Crippen LogP contribution in [0.15, 0.2) is 17.6 Å². The molecule has 1 aromatic heterocycles. The van der Waals surface area contributed by atoms with Gasteiger partial charge in [-0.05, 0) is 39.5 Å². The Kier molecular flexibility index (Phi) is 6.02. The van der Waals surface area contributed by atoms with Crippen LogP contribution < -0.4 is 0 Å². The van der Waals surface area contributed by atoms with Crippen LogP contribution in [0.2, 0.25) is 0 Å². The Balaban J connectivity index is 1.71. The van der Waals surface area contributed by atoms with Gasteiger partial charge in [-0.3, -0.25) is 4.79 Å². The standard InChI is InChI=1S/C18H30N4O3S/c1-15(2)21-13-17(19-14-21)26(24,25)22-11-7-8-16(12-22)18(23)20-9-5-3-4-6-10-20/h13-16H,3-12H2,1-2H3. The highest BCUT2D eigenvalue weighted by Crippen LogP contribution is 2.25. The zero-order valence-corrected chi connectivity index (χ0v) is 16.6. The summed E-state index contributed by atoms with van der Waals surface area (Å²) >= 11 is 0. The molecule has 3 heterocycles. The molecule has 2 saturated heterocycles. The molecule has 1 aromatic rings. The Morgan fingerprint density at radius 3 is 2.42 bits per heavy atom. The number of hydrogen-bond donors (Lipinski definition) is 0. The van der Waals surface area contributed by atoms with Gasteiger partial charge in [-0.2, -0.15) is 4.31 Å². The van der Waals surface area contributed by atoms with Crippen molar-refractivity contribution in [3.63, 3.8) is 0 Å². The number of rotatable bonds is 4. The SMILES string of the molecule is CC(C)n1cnc(S(=O)(=O)N2CCCC(C(=O)N3CCCCCC3)C2)c1. The molecular weight excluding hydrogens is 352 g/mol. The lowest BCUT2D eigenvalue weighted by molar-refractivity contribution is -0.136. The van der Waals surface area contributed by atoms with E-state index < -0.39 is 10.0 Å². The van der Waals surface area contributed by atoms with E-state index >= 15 is 0 Å². The number of amides is 1. The van der Waals surface area contributed by atoms with Crippen LogP contribution in [0.3, 0.4) is 0 Å². The molecule has 1 amide bonds. The Bertz CT molecular complexity index is 721. The van der Waals surface area contributed by atoms with Gasteiger partial charge < -0.3 is 9.47 Å². The number of nitrogens with zero attached hydrogens (tertiary/aromatic N) is 4. The van der Waals surface area contributed by atoms with Gasteiger partial charge in [-0.15, -0.1) is 0 Å². The van der Waals surface area contributed by atoms with Crippen LogP contribution in [-0.2, 0) is 14.8 Å². The van der Waals surface area contributed by atoms with Crippen LogP contribution in [0.4, 0.5) is 0 Å². The molecular formula is C18H30N4O3S. The van der Waals surface area contributed by atoms with Gasteiger partial charge in [-0.25, -0.2) is 13.4 Å². The van der Waals surface area contributed by atoms with E-state index in [1.54, 1.807) is 17.1 Å². The largest absolute Gasteiger partial charge is 0.342 e. The molecule has 8 heteroatoms. The van der Waals surface area contributed by atoms with Gasteiger partial charge in [0, 0.05) is 38.4 Å². The smallest absolute Gasteiger partial charge is 0.262 e. The van der Waals surface area contributed by atoms with E-state index in [9.17, 15) is 13.2 Å². The average Bonchev–Trinajstić information content (AvgIpc) is 2.99. The Morgan fingerprint density at radius 2 is 1.81 bits per heavy atom. The van der Waals surface area contributed by atoms with Crippen molar-refractivity contribution in [1.82, 2.24) is 18.8 Å². The summed E-state index contributed by atoms with van der Waals surface area (Å²) in [6, 6.07) is 0.158. The lowest BCUT2D eigenvalue weighted by atomic mass is 9.98. The molecule has 7 nitrogen and oxygen atoms in total. The number of imidazole rings is 1. The predicted octanol–water partition coefficient (Wildman–Crippen LogP) is 2.27. The van der Waals surface area contributed by atoms with Crippen molar-refractivity contribution in [3.8, 4) is 0 Å². The van der Waals surface area contributed by atoms with E-state index in [4.69, 9.17) is 0 Å². The fraction of sp³-hybridized carbons (Fsp3) is 0.778. The molecule has 2 fully saturated rings. The fourth-order valence-corrected chi connectivity index (χ4v) is 5.22. The lowest BCUT2D eigenvalue weighted by Crippen LogP contribution is -2.47. The highest BCUT2D eigenvalue weighted by Gasteiger charge is 2.36. The van der Waals surface area contributed by atoms with Gasteiger partial charge in [0.25, 0.3) is 10.0 Å². The molecule has 0 saturated carbocycles. The minimum atomic E-state index is -3.65. The van der Waals surface area contributed by atoms with Crippen LogP contribution in [0.1, 0.15) is 58.4 Å². The van der Waals surface area contributed by atoms with Gasteiger partial charge in [0.1, 0.15) is 0 Å². The van der Waals surface area contributed by atoms with Crippen LogP contribution in [0.25, 0.3) is 0 Å². The summed E-state index contributed by atoms with van der Waals surface area (Å²) in [5, 5.41) is 0.0778. The summed E-state index contributed by atoms with van der Waals surface area (Å²) in [6.45, 7) is 6.30. The van der Waals surface area contributed by atoms with E-state index in [0.29, 0.717) is 13.0 Å². The molecule has 0 radical (unpaired) electrons. The minimum absolute atomic E-state index is 0.0778. The Hall–Kier alpha value is -1.41. The van der Waals surface area contributed by atoms with Gasteiger partial charge >= 0.3 is 0 Å². The van der Waals surface area contributed by atoms with Crippen molar-refractivity contribution in [2.24, 2.45) is 5.92 Å². The maximum atomic E-state index is 12.9. The van der Waals surface area contributed by atoms with E-state index in [2.05, 4.69) is 4.98 Å². The summed E-state index contributed by atoms with van der Waals surface area (Å²) in [6.07, 6.45) is 9.07. The number of carbonyl (C=O) groups excluding carboxylic acids is 1. The molecule has 2 aliphatic rings. The molecule has 1 atom stereocenters. The zero-order valence-electron chi connectivity index (χ0n) is 15.8. The summed E-state index contributed by atoms with van der Waals surface area (Å²) in [7, 11) is -3.65. The third-order valence-electron chi connectivity index (χ3n) is 5.43. The molecule has 146 valence electrons. The van der Waals surface area contributed by atoms with Crippen molar-refractivity contribution in [3.05, 3.63) is 12.5 Å². The predicted molar refractivity (Wildman–Crippen MR) is 99.1 cm³/mol. The van der Waals surface area contributed by atoms with Crippen LogP contribution in [-0.4, -0.2) is 59.3 Å². The van der Waals surface area contributed by atoms with Crippen molar-refractivity contribution < 1.29 is 13.2 Å². The second-order valence-corrected chi connectivity index (χ2v) is 9.58. The van der Waals surface area contributed by atoms with Crippen LogP contribution in [0, 0.1) is 5.92 Å². The summed E-state index contributed by atoms with van der Waals surface area (Å²) in [5.74, 6) is -0.108. The second-order valence-electron chi connectivity index (χ2n) is 7.69. The lowest BCUT2D eigenvalue weighted by Gasteiger charge is -2.33. The van der Waals surface area contributed by atoms with Crippen molar-refractivity contribution >= 4 is 15.9 Å². The van der Waals surface area contributed by atoms with E-state index in [1.807, 2.05) is 18.7 Å². The van der Waals surface area contributed by atoms with Crippen molar-refractivity contribution in [1.29, 1.82) is 0 Å². The fourth-order valence-electron chi connectivity index (χ4n) is 3.78. The molecule has 2 aliphatic heterocycles. The third kappa shape index (κ3) is 4.11. The highest BCUT2D eigenvalue weighted by molar-refractivity contribution is 7.89. The van der Waals surface area contributed by atoms with E-state index in [-0.39, 0.29) is 29.4 Å².